The van der Waals surface area contributed by atoms with Gasteiger partial charge >= 0.3 is 0 Å². The Labute approximate surface area is 117 Å². The van der Waals surface area contributed by atoms with Gasteiger partial charge in [0.25, 0.3) is 0 Å². The molecule has 4 heteroatoms. The Morgan fingerprint density at radius 1 is 1.56 bits per heavy atom. The van der Waals surface area contributed by atoms with Crippen LogP contribution >= 0.6 is 15.9 Å². The van der Waals surface area contributed by atoms with Gasteiger partial charge in [0.2, 0.25) is 0 Å². The van der Waals surface area contributed by atoms with Crippen LogP contribution in [0.15, 0.2) is 22.7 Å². The molecule has 0 bridgehead atoms. The van der Waals surface area contributed by atoms with E-state index in [2.05, 4.69) is 27.9 Å². The minimum Gasteiger partial charge on any atom is -0.389 e. The Kier molecular flexibility index (Phi) is 4.65. The van der Waals surface area contributed by atoms with Crippen LogP contribution in [-0.4, -0.2) is 31.4 Å². The van der Waals surface area contributed by atoms with Crippen LogP contribution in [0.25, 0.3) is 0 Å². The molecule has 1 aromatic carbocycles. The second kappa shape index (κ2) is 6.04. The van der Waals surface area contributed by atoms with Crippen molar-refractivity contribution in [3.8, 4) is 0 Å². The zero-order valence-corrected chi connectivity index (χ0v) is 12.5. The van der Waals surface area contributed by atoms with Gasteiger partial charge in [0.15, 0.2) is 0 Å². The van der Waals surface area contributed by atoms with Crippen molar-refractivity contribution in [1.82, 2.24) is 0 Å². The Morgan fingerprint density at radius 2 is 2.33 bits per heavy atom. The zero-order valence-electron chi connectivity index (χ0n) is 10.9. The highest BCUT2D eigenvalue weighted by Gasteiger charge is 2.18. The van der Waals surface area contributed by atoms with E-state index in [0.29, 0.717) is 6.10 Å². The average molecular weight is 314 g/mol. The molecule has 2 unspecified atom stereocenters. The van der Waals surface area contributed by atoms with Crippen LogP contribution in [0.5, 0.6) is 0 Å². The second-order valence-corrected chi connectivity index (χ2v) is 5.76. The molecule has 18 heavy (non-hydrogen) atoms. The maximum atomic E-state index is 9.55. The first-order valence-corrected chi connectivity index (χ1v) is 7.17. The molecule has 1 aromatic rings. The minimum atomic E-state index is -0.432. The van der Waals surface area contributed by atoms with Crippen molar-refractivity contribution in [3.63, 3.8) is 0 Å². The lowest BCUT2D eigenvalue weighted by Crippen LogP contribution is -2.28. The van der Waals surface area contributed by atoms with Crippen molar-refractivity contribution in [2.75, 3.05) is 25.1 Å². The van der Waals surface area contributed by atoms with Gasteiger partial charge in [-0.15, -0.1) is 0 Å². The highest BCUT2D eigenvalue weighted by molar-refractivity contribution is 9.10. The van der Waals surface area contributed by atoms with Gasteiger partial charge in [0, 0.05) is 24.7 Å². The summed E-state index contributed by atoms with van der Waals surface area (Å²) < 4.78 is 6.67. The van der Waals surface area contributed by atoms with E-state index in [0.717, 1.165) is 35.3 Å². The van der Waals surface area contributed by atoms with Crippen LogP contribution in [0, 0.1) is 0 Å². The quantitative estimate of drug-likeness (QED) is 0.927. The fourth-order valence-electron chi connectivity index (χ4n) is 2.28. The fourth-order valence-corrected chi connectivity index (χ4v) is 2.98. The molecule has 3 nitrogen and oxygen atoms in total. The number of ether oxygens (including phenoxy) is 1. The summed E-state index contributed by atoms with van der Waals surface area (Å²) in [5.41, 5.74) is 2.06. The Morgan fingerprint density at radius 3 is 2.89 bits per heavy atom. The summed E-state index contributed by atoms with van der Waals surface area (Å²) in [6, 6.07) is 5.99. The summed E-state index contributed by atoms with van der Waals surface area (Å²) >= 11 is 3.57. The first kappa shape index (κ1) is 13.8. The molecular formula is C14H20BrNO2. The molecule has 0 aliphatic carbocycles. The number of nitrogens with zero attached hydrogens (tertiary/aromatic N) is 1. The topological polar surface area (TPSA) is 32.7 Å². The van der Waals surface area contributed by atoms with Crippen LogP contribution in [0.2, 0.25) is 0 Å². The van der Waals surface area contributed by atoms with Gasteiger partial charge in [-0.3, -0.25) is 0 Å². The molecule has 2 atom stereocenters. The number of anilines is 1. The predicted octanol–water partition coefficient (Wildman–Crippen LogP) is 3.12. The monoisotopic (exact) mass is 313 g/mol. The van der Waals surface area contributed by atoms with E-state index in [9.17, 15) is 5.11 Å². The predicted molar refractivity (Wildman–Crippen MR) is 77.0 cm³/mol. The number of rotatable bonds is 4. The number of hydrogen-bond acceptors (Lipinski definition) is 3. The highest BCUT2D eigenvalue weighted by Crippen LogP contribution is 2.29. The van der Waals surface area contributed by atoms with Gasteiger partial charge in [0.05, 0.1) is 17.9 Å². The molecule has 0 aromatic heterocycles. The van der Waals surface area contributed by atoms with Crippen LogP contribution in [0.3, 0.4) is 0 Å². The lowest BCUT2D eigenvalue weighted by molar-refractivity contribution is 0.116. The summed E-state index contributed by atoms with van der Waals surface area (Å²) in [5.74, 6) is 0. The highest BCUT2D eigenvalue weighted by atomic mass is 79.9. The largest absolute Gasteiger partial charge is 0.389 e. The van der Waals surface area contributed by atoms with Gasteiger partial charge in [0.1, 0.15) is 0 Å². The number of likely N-dealkylation sites (N-methyl/N-ethyl adjacent to an activating group) is 1. The summed E-state index contributed by atoms with van der Waals surface area (Å²) in [4.78, 5) is 2.20. The van der Waals surface area contributed by atoms with Crippen molar-refractivity contribution in [2.24, 2.45) is 0 Å². The molecule has 1 N–H and O–H groups in total. The third kappa shape index (κ3) is 3.25. The van der Waals surface area contributed by atoms with Crippen molar-refractivity contribution in [1.29, 1.82) is 0 Å². The molecule has 1 saturated heterocycles. The van der Waals surface area contributed by atoms with Gasteiger partial charge in [-0.25, -0.2) is 0 Å². The standard InChI is InChI=1S/C14H20BrNO2/c1-10(17)11-5-6-14(13(15)8-11)16(2)9-12-4-3-7-18-12/h5-6,8,10,12,17H,3-4,7,9H2,1-2H3. The van der Waals surface area contributed by atoms with Crippen LogP contribution < -0.4 is 4.90 Å². The minimum absolute atomic E-state index is 0.346. The van der Waals surface area contributed by atoms with Crippen LogP contribution in [0.4, 0.5) is 5.69 Å². The Bertz CT molecular complexity index is 403. The van der Waals surface area contributed by atoms with Gasteiger partial charge in [-0.1, -0.05) is 6.07 Å². The number of aliphatic hydroxyl groups is 1. The van der Waals surface area contributed by atoms with Crippen LogP contribution in [0.1, 0.15) is 31.4 Å². The molecule has 1 aliphatic heterocycles. The third-order valence-corrected chi connectivity index (χ3v) is 4.00. The summed E-state index contributed by atoms with van der Waals surface area (Å²) in [7, 11) is 2.07. The summed E-state index contributed by atoms with van der Waals surface area (Å²) in [6.07, 6.45) is 2.23. The van der Waals surface area contributed by atoms with E-state index in [1.165, 1.54) is 6.42 Å². The van der Waals surface area contributed by atoms with E-state index in [-0.39, 0.29) is 0 Å². The number of aliphatic hydroxyl groups excluding tert-OH is 1. The summed E-state index contributed by atoms with van der Waals surface area (Å²) in [5, 5.41) is 9.55. The van der Waals surface area contributed by atoms with E-state index >= 15 is 0 Å². The smallest absolute Gasteiger partial charge is 0.0762 e. The first-order valence-electron chi connectivity index (χ1n) is 6.38. The molecule has 1 aliphatic rings. The van der Waals surface area contributed by atoms with Crippen molar-refractivity contribution >= 4 is 21.6 Å². The number of halogens is 1. The SMILES string of the molecule is CC(O)c1ccc(N(C)CC2CCCO2)c(Br)c1. The maximum Gasteiger partial charge on any atom is 0.0762 e. The molecule has 0 saturated carbocycles. The number of benzene rings is 1. The van der Waals surface area contributed by atoms with E-state index in [1.807, 2.05) is 18.2 Å². The molecule has 2 rings (SSSR count). The molecule has 0 amide bonds. The van der Waals surface area contributed by atoms with Gasteiger partial charge in [-0.05, 0) is 53.4 Å². The van der Waals surface area contributed by atoms with E-state index in [1.54, 1.807) is 6.92 Å². The van der Waals surface area contributed by atoms with E-state index < -0.39 is 6.10 Å². The molecule has 1 heterocycles. The molecule has 100 valence electrons. The lowest BCUT2D eigenvalue weighted by Gasteiger charge is -2.24. The lowest BCUT2D eigenvalue weighted by atomic mass is 10.1. The third-order valence-electron chi connectivity index (χ3n) is 3.37. The fraction of sp³-hybridized carbons (Fsp3) is 0.571. The maximum absolute atomic E-state index is 9.55. The van der Waals surface area contributed by atoms with Crippen molar-refractivity contribution in [3.05, 3.63) is 28.2 Å². The van der Waals surface area contributed by atoms with Crippen LogP contribution in [-0.2, 0) is 4.74 Å². The van der Waals surface area contributed by atoms with Gasteiger partial charge in [-0.2, -0.15) is 0 Å². The zero-order chi connectivity index (χ0) is 13.1. The second-order valence-electron chi connectivity index (χ2n) is 4.90. The van der Waals surface area contributed by atoms with Gasteiger partial charge < -0.3 is 14.7 Å². The molecule has 0 spiro atoms. The van der Waals surface area contributed by atoms with Crippen molar-refractivity contribution < 1.29 is 9.84 Å². The number of hydrogen-bond donors (Lipinski definition) is 1. The van der Waals surface area contributed by atoms with Crippen molar-refractivity contribution in [2.45, 2.75) is 32.0 Å². The molecule has 0 radical (unpaired) electrons. The molecule has 1 fully saturated rings. The normalized spacial score (nSPS) is 21.0. The van der Waals surface area contributed by atoms with E-state index in [4.69, 9.17) is 4.74 Å². The Hall–Kier alpha value is -0.580. The molecular weight excluding hydrogens is 294 g/mol. The average Bonchev–Trinajstić information content (AvgIpc) is 2.81. The first-order chi connectivity index (χ1) is 8.58. The Balaban J connectivity index is 2.07. The summed E-state index contributed by atoms with van der Waals surface area (Å²) in [6.45, 7) is 3.57.